The largest absolute Gasteiger partial charge is 0.366 e. The molecule has 4 rings (SSSR count). The van der Waals surface area contributed by atoms with Gasteiger partial charge in [-0.25, -0.2) is 9.36 Å². The molecule has 0 unspecified atom stereocenters. The molecule has 2 aromatic heterocycles. The standard InChI is InChI=1S/C21H16ClN5O4/c1-26-10-15(19(29)24-13-6-2-11(3-7-13)18(23)28)16-17(26)20(30)27(21(31)25-16)14-8-4-12(22)5-9-14/h2-10H,1H3,(H2,23,28)(H,24,29)(H,25,31). The van der Waals surface area contributed by atoms with Gasteiger partial charge in [0.05, 0.1) is 16.8 Å². The van der Waals surface area contributed by atoms with Crippen molar-refractivity contribution in [2.45, 2.75) is 0 Å². The van der Waals surface area contributed by atoms with Crippen molar-refractivity contribution in [1.82, 2.24) is 14.1 Å². The normalized spacial score (nSPS) is 10.9. The monoisotopic (exact) mass is 437 g/mol. The molecular weight excluding hydrogens is 422 g/mol. The van der Waals surface area contributed by atoms with Crippen LogP contribution in [0.15, 0.2) is 64.3 Å². The Morgan fingerprint density at radius 3 is 2.29 bits per heavy atom. The maximum Gasteiger partial charge on any atom is 0.333 e. The number of nitrogens with zero attached hydrogens (tertiary/aromatic N) is 2. The van der Waals surface area contributed by atoms with Crippen LogP contribution in [-0.2, 0) is 7.05 Å². The van der Waals surface area contributed by atoms with E-state index in [1.807, 2.05) is 0 Å². The van der Waals surface area contributed by atoms with Crippen molar-refractivity contribution in [3.8, 4) is 5.69 Å². The number of aromatic nitrogens is 3. The summed E-state index contributed by atoms with van der Waals surface area (Å²) in [5, 5.41) is 3.14. The number of rotatable bonds is 4. The fourth-order valence-corrected chi connectivity index (χ4v) is 3.41. The van der Waals surface area contributed by atoms with E-state index in [4.69, 9.17) is 17.3 Å². The van der Waals surface area contributed by atoms with Gasteiger partial charge in [0.1, 0.15) is 5.52 Å². The van der Waals surface area contributed by atoms with Crippen LogP contribution >= 0.6 is 11.6 Å². The predicted octanol–water partition coefficient (Wildman–Crippen LogP) is 2.02. The van der Waals surface area contributed by atoms with Gasteiger partial charge >= 0.3 is 5.69 Å². The number of anilines is 1. The lowest BCUT2D eigenvalue weighted by molar-refractivity contribution is 0.0998. The highest BCUT2D eigenvalue weighted by atomic mass is 35.5. The number of hydrogen-bond donors (Lipinski definition) is 3. The van der Waals surface area contributed by atoms with Crippen LogP contribution in [0.3, 0.4) is 0 Å². The van der Waals surface area contributed by atoms with Crippen molar-refractivity contribution in [2.24, 2.45) is 12.8 Å². The smallest absolute Gasteiger partial charge is 0.333 e. The van der Waals surface area contributed by atoms with Crippen molar-refractivity contribution < 1.29 is 9.59 Å². The maximum absolute atomic E-state index is 13.1. The van der Waals surface area contributed by atoms with Crippen LogP contribution in [0.5, 0.6) is 0 Å². The zero-order chi connectivity index (χ0) is 22.3. The second-order valence-electron chi connectivity index (χ2n) is 6.82. The van der Waals surface area contributed by atoms with E-state index in [-0.39, 0.29) is 16.6 Å². The third-order valence-corrected chi connectivity index (χ3v) is 5.03. The lowest BCUT2D eigenvalue weighted by Crippen LogP contribution is -2.34. The van der Waals surface area contributed by atoms with E-state index in [0.29, 0.717) is 22.0 Å². The van der Waals surface area contributed by atoms with Crippen LogP contribution < -0.4 is 22.3 Å². The SMILES string of the molecule is Cn1cc(C(=O)Nc2ccc(C(N)=O)cc2)c2[nH]c(=O)n(-c3ccc(Cl)cc3)c(=O)c21. The Hall–Kier alpha value is -4.11. The van der Waals surface area contributed by atoms with Gasteiger partial charge in [-0.3, -0.25) is 14.4 Å². The average Bonchev–Trinajstić information content (AvgIpc) is 3.06. The Morgan fingerprint density at radius 1 is 1.03 bits per heavy atom. The topological polar surface area (TPSA) is 132 Å². The molecule has 2 aromatic carbocycles. The Kier molecular flexibility index (Phi) is 4.96. The molecule has 4 N–H and O–H groups in total. The second-order valence-corrected chi connectivity index (χ2v) is 7.26. The quantitative estimate of drug-likeness (QED) is 0.450. The Labute approximate surface area is 179 Å². The number of H-pyrrole nitrogens is 1. The zero-order valence-corrected chi connectivity index (χ0v) is 16.9. The molecule has 0 fully saturated rings. The molecule has 0 aliphatic rings. The molecule has 10 heteroatoms. The summed E-state index contributed by atoms with van der Waals surface area (Å²) < 4.78 is 2.45. The van der Waals surface area contributed by atoms with E-state index in [1.165, 1.54) is 35.0 Å². The number of benzene rings is 2. The third-order valence-electron chi connectivity index (χ3n) is 4.78. The van der Waals surface area contributed by atoms with E-state index in [0.717, 1.165) is 4.57 Å². The third kappa shape index (κ3) is 3.62. The van der Waals surface area contributed by atoms with E-state index in [9.17, 15) is 19.2 Å². The van der Waals surface area contributed by atoms with Gasteiger partial charge in [0, 0.05) is 29.5 Å². The van der Waals surface area contributed by atoms with Crippen LogP contribution in [0.4, 0.5) is 5.69 Å². The highest BCUT2D eigenvalue weighted by Crippen LogP contribution is 2.18. The van der Waals surface area contributed by atoms with Crippen LogP contribution in [0.1, 0.15) is 20.7 Å². The molecule has 4 aromatic rings. The number of halogens is 1. The number of aromatic amines is 1. The van der Waals surface area contributed by atoms with Crippen molar-refractivity contribution in [3.05, 3.63) is 91.7 Å². The van der Waals surface area contributed by atoms with Gasteiger partial charge in [0.2, 0.25) is 5.91 Å². The molecule has 0 bridgehead atoms. The number of nitrogens with two attached hydrogens (primary N) is 1. The first kappa shape index (κ1) is 20.2. The number of amides is 2. The Bertz CT molecular complexity index is 1450. The highest BCUT2D eigenvalue weighted by molar-refractivity contribution is 6.30. The molecule has 156 valence electrons. The zero-order valence-electron chi connectivity index (χ0n) is 16.2. The van der Waals surface area contributed by atoms with Gasteiger partial charge in [0.25, 0.3) is 11.5 Å². The molecule has 0 aliphatic heterocycles. The predicted molar refractivity (Wildman–Crippen MR) is 117 cm³/mol. The van der Waals surface area contributed by atoms with Crippen molar-refractivity contribution >= 4 is 40.1 Å². The van der Waals surface area contributed by atoms with Gasteiger partial charge in [-0.2, -0.15) is 0 Å². The van der Waals surface area contributed by atoms with Crippen molar-refractivity contribution in [2.75, 3.05) is 5.32 Å². The van der Waals surface area contributed by atoms with Gasteiger partial charge in [-0.15, -0.1) is 0 Å². The second kappa shape index (κ2) is 7.62. The van der Waals surface area contributed by atoms with Crippen LogP contribution in [0, 0.1) is 0 Å². The number of nitrogens with one attached hydrogen (secondary N) is 2. The van der Waals surface area contributed by atoms with E-state index in [2.05, 4.69) is 10.3 Å². The number of hydrogen-bond acceptors (Lipinski definition) is 4. The lowest BCUT2D eigenvalue weighted by atomic mass is 10.2. The fraction of sp³-hybridized carbons (Fsp3) is 0.0476. The summed E-state index contributed by atoms with van der Waals surface area (Å²) in [6, 6.07) is 12.3. The molecule has 9 nitrogen and oxygen atoms in total. The lowest BCUT2D eigenvalue weighted by Gasteiger charge is -2.07. The van der Waals surface area contributed by atoms with Gasteiger partial charge in [0.15, 0.2) is 0 Å². The number of aryl methyl sites for hydroxylation is 1. The molecule has 2 amide bonds. The molecule has 0 radical (unpaired) electrons. The number of carbonyl (C=O) groups excluding carboxylic acids is 2. The van der Waals surface area contributed by atoms with E-state index < -0.39 is 23.1 Å². The summed E-state index contributed by atoms with van der Waals surface area (Å²) in [5.41, 5.74) is 5.41. The summed E-state index contributed by atoms with van der Waals surface area (Å²) in [4.78, 5) is 52.4. The van der Waals surface area contributed by atoms with Crippen molar-refractivity contribution in [1.29, 1.82) is 0 Å². The average molecular weight is 438 g/mol. The van der Waals surface area contributed by atoms with Crippen LogP contribution in [0.2, 0.25) is 5.02 Å². The molecule has 0 atom stereocenters. The number of primary amides is 1. The number of fused-ring (bicyclic) bond motifs is 1. The van der Waals surface area contributed by atoms with Gasteiger partial charge < -0.3 is 20.6 Å². The maximum atomic E-state index is 13.1. The number of carbonyl (C=O) groups is 2. The highest BCUT2D eigenvalue weighted by Gasteiger charge is 2.20. The molecule has 0 aliphatic carbocycles. The Morgan fingerprint density at radius 2 is 1.68 bits per heavy atom. The summed E-state index contributed by atoms with van der Waals surface area (Å²) >= 11 is 5.88. The fourth-order valence-electron chi connectivity index (χ4n) is 3.29. The molecule has 0 spiro atoms. The first-order valence-electron chi connectivity index (χ1n) is 9.08. The van der Waals surface area contributed by atoms with Crippen molar-refractivity contribution in [3.63, 3.8) is 0 Å². The summed E-state index contributed by atoms with van der Waals surface area (Å²) in [7, 11) is 1.60. The van der Waals surface area contributed by atoms with Crippen LogP contribution in [0.25, 0.3) is 16.7 Å². The minimum absolute atomic E-state index is 0.119. The van der Waals surface area contributed by atoms with Gasteiger partial charge in [-0.1, -0.05) is 11.6 Å². The molecule has 0 saturated carbocycles. The van der Waals surface area contributed by atoms with Crippen LogP contribution in [-0.4, -0.2) is 25.9 Å². The molecule has 2 heterocycles. The van der Waals surface area contributed by atoms with Gasteiger partial charge in [-0.05, 0) is 48.5 Å². The molecular formula is C21H16ClN5O4. The summed E-state index contributed by atoms with van der Waals surface area (Å²) in [6.45, 7) is 0. The Balaban J connectivity index is 1.77. The minimum atomic E-state index is -0.689. The van der Waals surface area contributed by atoms with E-state index >= 15 is 0 Å². The summed E-state index contributed by atoms with van der Waals surface area (Å²) in [5.74, 6) is -1.11. The summed E-state index contributed by atoms with van der Waals surface area (Å²) in [6.07, 6.45) is 1.46. The molecule has 0 saturated heterocycles. The molecule has 31 heavy (non-hydrogen) atoms. The van der Waals surface area contributed by atoms with E-state index in [1.54, 1.807) is 31.3 Å². The first-order chi connectivity index (χ1) is 14.8. The minimum Gasteiger partial charge on any atom is -0.366 e. The first-order valence-corrected chi connectivity index (χ1v) is 9.45.